The number of aliphatic hydroxyl groups is 1. The van der Waals surface area contributed by atoms with Gasteiger partial charge in [-0.1, -0.05) is 18.7 Å². The van der Waals surface area contributed by atoms with E-state index >= 15 is 0 Å². The lowest BCUT2D eigenvalue weighted by Gasteiger charge is -2.19. The summed E-state index contributed by atoms with van der Waals surface area (Å²) >= 11 is 0. The molecule has 0 bridgehead atoms. The van der Waals surface area contributed by atoms with Crippen LogP contribution in [0, 0.1) is 29.4 Å². The molecule has 3 aliphatic carbocycles. The number of carboxylic acid groups (broad SMARTS) is 1. The molecule has 10 heteroatoms. The smallest absolute Gasteiger partial charge is 0.417 e. The van der Waals surface area contributed by atoms with Gasteiger partial charge in [0, 0.05) is 17.9 Å². The Kier molecular flexibility index (Phi) is 7.83. The molecule has 0 spiro atoms. The molecule has 2 fully saturated rings. The minimum absolute atomic E-state index is 0.00725. The fourth-order valence-corrected chi connectivity index (χ4v) is 5.81. The summed E-state index contributed by atoms with van der Waals surface area (Å²) in [5, 5.41) is 19.2. The van der Waals surface area contributed by atoms with Crippen molar-refractivity contribution in [2.75, 3.05) is 6.61 Å². The van der Waals surface area contributed by atoms with Crippen LogP contribution < -0.4 is 4.74 Å². The highest BCUT2D eigenvalue weighted by Crippen LogP contribution is 2.63. The van der Waals surface area contributed by atoms with E-state index in [0.29, 0.717) is 24.5 Å². The van der Waals surface area contributed by atoms with Crippen LogP contribution in [0.2, 0.25) is 0 Å². The summed E-state index contributed by atoms with van der Waals surface area (Å²) in [4.78, 5) is 11.5. The van der Waals surface area contributed by atoms with Crippen LogP contribution in [0.5, 0.6) is 5.75 Å². The van der Waals surface area contributed by atoms with Crippen molar-refractivity contribution in [1.29, 1.82) is 0 Å². The summed E-state index contributed by atoms with van der Waals surface area (Å²) in [6.45, 7) is 6.78. The molecular formula is C32H31F5O5. The Morgan fingerprint density at radius 1 is 1.12 bits per heavy atom. The van der Waals surface area contributed by atoms with Gasteiger partial charge in [-0.15, -0.1) is 0 Å². The van der Waals surface area contributed by atoms with Crippen LogP contribution in [0.3, 0.4) is 0 Å². The first kappa shape index (κ1) is 30.0. The molecular weight excluding hydrogens is 559 g/mol. The quantitative estimate of drug-likeness (QED) is 0.238. The molecule has 2 saturated carbocycles. The van der Waals surface area contributed by atoms with Crippen LogP contribution in [0.15, 0.2) is 65.8 Å². The highest BCUT2D eigenvalue weighted by atomic mass is 19.4. The van der Waals surface area contributed by atoms with Crippen molar-refractivity contribution < 1.29 is 46.4 Å². The fraction of sp³-hybridized carbons (Fsp3) is 0.406. The molecule has 5 rings (SSSR count). The maximum Gasteiger partial charge on any atom is 0.417 e. The summed E-state index contributed by atoms with van der Waals surface area (Å²) in [7, 11) is 0. The third-order valence-corrected chi connectivity index (χ3v) is 8.10. The van der Waals surface area contributed by atoms with Crippen molar-refractivity contribution in [3.05, 3.63) is 88.5 Å². The molecule has 4 atom stereocenters. The van der Waals surface area contributed by atoms with E-state index in [1.165, 1.54) is 12.1 Å². The molecule has 3 aliphatic rings. The summed E-state index contributed by atoms with van der Waals surface area (Å²) in [5.41, 5.74) is -0.393. The second kappa shape index (κ2) is 11.0. The number of halogens is 5. The Balaban J connectivity index is 1.37. The number of allylic oxidation sites excluding steroid dienone is 3. The summed E-state index contributed by atoms with van der Waals surface area (Å²) < 4.78 is 82.8. The van der Waals surface area contributed by atoms with E-state index in [4.69, 9.17) is 9.47 Å². The highest BCUT2D eigenvalue weighted by molar-refractivity contribution is 5.77. The van der Waals surface area contributed by atoms with Gasteiger partial charge < -0.3 is 19.7 Å². The van der Waals surface area contributed by atoms with E-state index in [1.54, 1.807) is 13.8 Å². The molecule has 0 radical (unpaired) electrons. The summed E-state index contributed by atoms with van der Waals surface area (Å²) in [6, 6.07) is 4.75. The van der Waals surface area contributed by atoms with E-state index in [2.05, 4.69) is 6.58 Å². The Labute approximate surface area is 240 Å². The number of fused-ring (bicyclic) bond motifs is 3. The van der Waals surface area contributed by atoms with Crippen LogP contribution in [0.1, 0.15) is 44.2 Å². The van der Waals surface area contributed by atoms with Crippen LogP contribution in [-0.2, 0) is 22.3 Å². The van der Waals surface area contributed by atoms with Crippen LogP contribution >= 0.6 is 0 Å². The summed E-state index contributed by atoms with van der Waals surface area (Å²) in [5.74, 6) is -3.40. The minimum Gasteiger partial charge on any atom is -0.490 e. The van der Waals surface area contributed by atoms with Gasteiger partial charge in [0.25, 0.3) is 0 Å². The molecule has 1 unspecified atom stereocenters. The van der Waals surface area contributed by atoms with Crippen molar-refractivity contribution in [2.24, 2.45) is 17.8 Å². The van der Waals surface area contributed by atoms with Gasteiger partial charge in [-0.2, -0.15) is 13.2 Å². The monoisotopic (exact) mass is 590 g/mol. The zero-order valence-corrected chi connectivity index (χ0v) is 23.1. The average Bonchev–Trinajstić information content (AvgIpc) is 3.53. The number of aliphatic carboxylic acids is 1. The molecule has 2 N–H and O–H groups in total. The first-order valence-corrected chi connectivity index (χ1v) is 13.6. The van der Waals surface area contributed by atoms with E-state index in [0.717, 1.165) is 23.3 Å². The first-order valence-electron chi connectivity index (χ1n) is 13.6. The number of alkyl halides is 3. The van der Waals surface area contributed by atoms with E-state index in [9.17, 15) is 37.0 Å². The van der Waals surface area contributed by atoms with E-state index < -0.39 is 52.5 Å². The fourth-order valence-electron chi connectivity index (χ4n) is 5.81. The van der Waals surface area contributed by atoms with Crippen molar-refractivity contribution in [2.45, 2.75) is 57.6 Å². The van der Waals surface area contributed by atoms with Crippen LogP contribution in [-0.4, -0.2) is 34.5 Å². The van der Waals surface area contributed by atoms with Gasteiger partial charge in [-0.25, -0.2) is 8.78 Å². The Morgan fingerprint density at radius 2 is 1.86 bits per heavy atom. The molecule has 0 aromatic heterocycles. The lowest BCUT2D eigenvalue weighted by molar-refractivity contribution is -0.139. The maximum absolute atomic E-state index is 15.0. The molecule has 2 aromatic carbocycles. The third kappa shape index (κ3) is 6.15. The summed E-state index contributed by atoms with van der Waals surface area (Å²) in [6.07, 6.45) is -0.540. The normalized spacial score (nSPS) is 23.5. The van der Waals surface area contributed by atoms with Gasteiger partial charge in [0.1, 0.15) is 5.82 Å². The highest BCUT2D eigenvalue weighted by Gasteiger charge is 2.61. The maximum atomic E-state index is 15.0. The van der Waals surface area contributed by atoms with Crippen LogP contribution in [0.4, 0.5) is 22.0 Å². The SMILES string of the molecule is C=C1CC=C2C(=CC1OCc1cc(-c3ccc(OCCC(C)(C)O)c(F)c3)c(C(F)(F)F)cc1F)C[C@H]1[C@H](C(=O)O)[C@@H]21. The molecule has 5 nitrogen and oxygen atoms in total. The first-order chi connectivity index (χ1) is 19.6. The van der Waals surface area contributed by atoms with Gasteiger partial charge in [0.2, 0.25) is 0 Å². The third-order valence-electron chi connectivity index (χ3n) is 8.10. The topological polar surface area (TPSA) is 76.0 Å². The number of benzene rings is 2. The molecule has 0 aliphatic heterocycles. The predicted octanol–water partition coefficient (Wildman–Crippen LogP) is 7.24. The molecule has 0 heterocycles. The minimum atomic E-state index is -4.91. The number of rotatable bonds is 9. The second-order valence-electron chi connectivity index (χ2n) is 11.7. The lowest BCUT2D eigenvalue weighted by atomic mass is 9.96. The number of carbonyl (C=O) groups is 1. The largest absolute Gasteiger partial charge is 0.490 e. The van der Waals surface area contributed by atoms with Crippen molar-refractivity contribution in [3.8, 4) is 16.9 Å². The molecule has 0 saturated heterocycles. The number of hydrogen-bond donors (Lipinski definition) is 2. The van der Waals surface area contributed by atoms with Gasteiger partial charge in [0.15, 0.2) is 11.6 Å². The Bertz CT molecular complexity index is 1480. The molecule has 224 valence electrons. The predicted molar refractivity (Wildman–Crippen MR) is 144 cm³/mol. The lowest BCUT2D eigenvalue weighted by Crippen LogP contribution is -2.21. The number of ether oxygens (including phenoxy) is 2. The van der Waals surface area contributed by atoms with Gasteiger partial charge >= 0.3 is 12.1 Å². The van der Waals surface area contributed by atoms with E-state index in [-0.39, 0.29) is 48.3 Å². The van der Waals surface area contributed by atoms with Crippen LogP contribution in [0.25, 0.3) is 11.1 Å². The number of carboxylic acids is 1. The molecule has 42 heavy (non-hydrogen) atoms. The Hall–Kier alpha value is -3.50. The van der Waals surface area contributed by atoms with Crippen molar-refractivity contribution in [3.63, 3.8) is 0 Å². The van der Waals surface area contributed by atoms with Crippen molar-refractivity contribution in [1.82, 2.24) is 0 Å². The van der Waals surface area contributed by atoms with Gasteiger partial charge in [-0.3, -0.25) is 4.79 Å². The van der Waals surface area contributed by atoms with E-state index in [1.807, 2.05) is 12.2 Å². The second-order valence-corrected chi connectivity index (χ2v) is 11.7. The molecule has 2 aromatic rings. The molecule has 0 amide bonds. The van der Waals surface area contributed by atoms with Gasteiger partial charge in [0.05, 0.1) is 36.4 Å². The standard InChI is InChI=1S/C32H31F5O5/c1-16-4-6-20-18(10-22-28(20)29(22)30(38)39)13-27(16)42-15-19-11-21(23(14-24(19)33)32(35,36)37)17-5-7-26(25(34)12-17)41-9-8-31(2,3)40/h5-7,11-14,22,27-29,40H,1,4,8-10,15H2,2-3H3,(H,38,39)/t22-,27?,28+,29+/m1/s1. The zero-order chi connectivity index (χ0) is 30.6. The number of hydrogen-bond acceptors (Lipinski definition) is 4. The average molecular weight is 591 g/mol. The van der Waals surface area contributed by atoms with Crippen molar-refractivity contribution >= 4 is 5.97 Å². The zero-order valence-electron chi connectivity index (χ0n) is 23.1. The Morgan fingerprint density at radius 3 is 2.50 bits per heavy atom. The van der Waals surface area contributed by atoms with Gasteiger partial charge in [-0.05, 0) is 90.8 Å².